The van der Waals surface area contributed by atoms with Crippen molar-refractivity contribution in [1.82, 2.24) is 5.16 Å². The Hall–Kier alpha value is -1.99. The summed E-state index contributed by atoms with van der Waals surface area (Å²) in [5.41, 5.74) is 2.84. The maximum atomic E-state index is 5.62. The van der Waals surface area contributed by atoms with Crippen molar-refractivity contribution in [3.8, 4) is 0 Å². The third-order valence-electron chi connectivity index (χ3n) is 3.10. The van der Waals surface area contributed by atoms with E-state index < -0.39 is 0 Å². The number of nitrogens with zero attached hydrogens (tertiary/aromatic N) is 1. The first-order chi connectivity index (χ1) is 10.3. The summed E-state index contributed by atoms with van der Waals surface area (Å²) in [4.78, 5) is 0. The fourth-order valence-corrected chi connectivity index (χ4v) is 2.76. The molecule has 21 heavy (non-hydrogen) atoms. The molecule has 0 fully saturated rings. The van der Waals surface area contributed by atoms with Gasteiger partial charge in [-0.3, -0.25) is 0 Å². The number of hydrogen-bond donors (Lipinski definition) is 0. The first kappa shape index (κ1) is 14.0. The normalized spacial score (nSPS) is 11.2. The van der Waals surface area contributed by atoms with Crippen LogP contribution in [0.25, 0.3) is 11.0 Å². The molecule has 0 bridgehead atoms. The number of benzene rings is 1. The Balaban J connectivity index is 1.83. The molecule has 0 saturated heterocycles. The van der Waals surface area contributed by atoms with Crippen molar-refractivity contribution >= 4 is 14.9 Å². The molecular formula is C17H13NO2W. The SMILES string of the molecule is C=C/C=C\[C](=[W])c1cc(Cc2noc3ccccc23)co1. The van der Waals surface area contributed by atoms with Crippen molar-refractivity contribution in [2.24, 2.45) is 0 Å². The summed E-state index contributed by atoms with van der Waals surface area (Å²) in [6.07, 6.45) is 8.16. The number of hydrogen-bond acceptors (Lipinski definition) is 3. The second-order valence-corrected chi connectivity index (χ2v) is 6.16. The molecule has 0 spiro atoms. The Kier molecular flexibility index (Phi) is 4.12. The molecule has 1 aromatic carbocycles. The van der Waals surface area contributed by atoms with Crippen LogP contribution in [0.4, 0.5) is 0 Å². The molecule has 0 unspecified atom stereocenters. The van der Waals surface area contributed by atoms with E-state index in [2.05, 4.69) is 17.8 Å². The van der Waals surface area contributed by atoms with Gasteiger partial charge in [0.1, 0.15) is 0 Å². The van der Waals surface area contributed by atoms with E-state index in [-0.39, 0.29) is 0 Å². The van der Waals surface area contributed by atoms with Crippen LogP contribution in [0.2, 0.25) is 0 Å². The summed E-state index contributed by atoms with van der Waals surface area (Å²) in [7, 11) is 0. The molecule has 4 heteroatoms. The zero-order valence-corrected chi connectivity index (χ0v) is 14.2. The first-order valence-corrected chi connectivity index (χ1v) is 7.99. The van der Waals surface area contributed by atoms with Gasteiger partial charge in [0.05, 0.1) is 0 Å². The van der Waals surface area contributed by atoms with Gasteiger partial charge in [0.25, 0.3) is 0 Å². The summed E-state index contributed by atoms with van der Waals surface area (Å²) in [5.74, 6) is 0.894. The molecule has 2 heterocycles. The Labute approximate surface area is 133 Å². The average Bonchev–Trinajstić information content (AvgIpc) is 3.13. The first-order valence-electron chi connectivity index (χ1n) is 6.52. The molecular weight excluding hydrogens is 434 g/mol. The van der Waals surface area contributed by atoms with Gasteiger partial charge < -0.3 is 0 Å². The standard InChI is InChI=1S/C17H13NO2.W/c1-2-3-4-7-14-10-13(12-19-14)11-16-15-8-5-6-9-17(15)20-18-16;/h2-6,8-10,12H,1,11H2;/b4-3-;. The van der Waals surface area contributed by atoms with E-state index in [1.54, 1.807) is 12.3 Å². The molecule has 0 amide bonds. The minimum absolute atomic E-state index is 0.703. The fourth-order valence-electron chi connectivity index (χ4n) is 2.09. The summed E-state index contributed by atoms with van der Waals surface area (Å²) in [6.45, 7) is 3.67. The van der Waals surface area contributed by atoms with Gasteiger partial charge in [0, 0.05) is 0 Å². The zero-order valence-electron chi connectivity index (χ0n) is 11.3. The zero-order chi connectivity index (χ0) is 14.7. The third-order valence-corrected chi connectivity index (χ3v) is 4.32. The molecule has 0 aliphatic rings. The molecule has 104 valence electrons. The van der Waals surface area contributed by atoms with Crippen LogP contribution in [0.1, 0.15) is 17.0 Å². The van der Waals surface area contributed by atoms with Crippen LogP contribution in [-0.2, 0) is 25.8 Å². The van der Waals surface area contributed by atoms with Crippen LogP contribution >= 0.6 is 0 Å². The molecule has 2 aromatic heterocycles. The third kappa shape index (κ3) is 3.03. The van der Waals surface area contributed by atoms with Gasteiger partial charge in [0.15, 0.2) is 0 Å². The second-order valence-electron chi connectivity index (χ2n) is 4.58. The van der Waals surface area contributed by atoms with E-state index in [9.17, 15) is 0 Å². The molecule has 0 aliphatic heterocycles. The van der Waals surface area contributed by atoms with E-state index in [1.807, 2.05) is 36.4 Å². The Morgan fingerprint density at radius 2 is 2.19 bits per heavy atom. The number of furan rings is 1. The van der Waals surface area contributed by atoms with Crippen molar-refractivity contribution in [1.29, 1.82) is 0 Å². The monoisotopic (exact) mass is 447 g/mol. The van der Waals surface area contributed by atoms with Gasteiger partial charge in [0.2, 0.25) is 0 Å². The van der Waals surface area contributed by atoms with Crippen LogP contribution in [0.5, 0.6) is 0 Å². The molecule has 3 nitrogen and oxygen atoms in total. The quantitative estimate of drug-likeness (QED) is 0.559. The van der Waals surface area contributed by atoms with Gasteiger partial charge in [-0.1, -0.05) is 0 Å². The van der Waals surface area contributed by atoms with Gasteiger partial charge in [-0.15, -0.1) is 0 Å². The fraction of sp³-hybridized carbons (Fsp3) is 0.0588. The van der Waals surface area contributed by atoms with Crippen molar-refractivity contribution in [3.05, 3.63) is 78.4 Å². The van der Waals surface area contributed by atoms with Crippen LogP contribution in [0.15, 0.2) is 70.3 Å². The molecule has 0 aliphatic carbocycles. The van der Waals surface area contributed by atoms with Crippen LogP contribution in [0, 0.1) is 0 Å². The van der Waals surface area contributed by atoms with Crippen LogP contribution < -0.4 is 0 Å². The van der Waals surface area contributed by atoms with Gasteiger partial charge in [-0.2, -0.15) is 0 Å². The van der Waals surface area contributed by atoms with E-state index in [0.717, 1.165) is 31.9 Å². The molecule has 0 atom stereocenters. The summed E-state index contributed by atoms with van der Waals surface area (Å²) in [5, 5.41) is 5.20. The Morgan fingerprint density at radius 3 is 3.05 bits per heavy atom. The summed E-state index contributed by atoms with van der Waals surface area (Å²) < 4.78 is 12.1. The molecule has 0 radical (unpaired) electrons. The number of rotatable bonds is 5. The van der Waals surface area contributed by atoms with E-state index in [4.69, 9.17) is 8.94 Å². The van der Waals surface area contributed by atoms with Gasteiger partial charge in [-0.05, 0) is 0 Å². The molecule has 3 aromatic rings. The Morgan fingerprint density at radius 1 is 1.33 bits per heavy atom. The van der Waals surface area contributed by atoms with Gasteiger partial charge in [-0.25, -0.2) is 0 Å². The minimum atomic E-state index is 0.703. The topological polar surface area (TPSA) is 39.2 Å². The van der Waals surface area contributed by atoms with E-state index in [0.29, 0.717) is 6.42 Å². The van der Waals surface area contributed by atoms with Crippen LogP contribution in [-0.4, -0.2) is 9.05 Å². The molecule has 0 saturated carbocycles. The number of fused-ring (bicyclic) bond motifs is 1. The molecule has 0 N–H and O–H groups in total. The van der Waals surface area contributed by atoms with Crippen molar-refractivity contribution in [2.45, 2.75) is 6.42 Å². The van der Waals surface area contributed by atoms with E-state index in [1.165, 1.54) is 19.4 Å². The van der Waals surface area contributed by atoms with Crippen molar-refractivity contribution < 1.29 is 28.3 Å². The van der Waals surface area contributed by atoms with Gasteiger partial charge >= 0.3 is 133 Å². The Bertz CT molecular complexity index is 826. The number of para-hydroxylation sites is 1. The number of allylic oxidation sites excluding steroid dienone is 3. The van der Waals surface area contributed by atoms with Crippen LogP contribution in [0.3, 0.4) is 0 Å². The number of aromatic nitrogens is 1. The predicted molar refractivity (Wildman–Crippen MR) is 79.0 cm³/mol. The summed E-state index contributed by atoms with van der Waals surface area (Å²) in [6, 6.07) is 9.94. The van der Waals surface area contributed by atoms with Crippen molar-refractivity contribution in [3.63, 3.8) is 0 Å². The maximum absolute atomic E-state index is 5.62. The average molecular weight is 447 g/mol. The predicted octanol–water partition coefficient (Wildman–Crippen LogP) is 3.82. The second kappa shape index (κ2) is 6.19. The summed E-state index contributed by atoms with van der Waals surface area (Å²) >= 11 is 1.36. The van der Waals surface area contributed by atoms with Crippen molar-refractivity contribution in [2.75, 3.05) is 0 Å². The molecule has 3 rings (SSSR count). The van der Waals surface area contributed by atoms with E-state index >= 15 is 0 Å².